The molecular formula is C17H17F2N3O4. The number of benzene rings is 1. The Balaban J connectivity index is 1.50. The van der Waals surface area contributed by atoms with Crippen molar-refractivity contribution in [2.45, 2.75) is 31.8 Å². The van der Waals surface area contributed by atoms with Crippen molar-refractivity contribution in [3.63, 3.8) is 0 Å². The molecule has 26 heavy (non-hydrogen) atoms. The van der Waals surface area contributed by atoms with Crippen LogP contribution in [0, 0.1) is 11.6 Å². The lowest BCUT2D eigenvalue weighted by Crippen LogP contribution is -2.46. The van der Waals surface area contributed by atoms with Crippen molar-refractivity contribution in [1.29, 1.82) is 0 Å². The topological polar surface area (TPSA) is 93.5 Å². The van der Waals surface area contributed by atoms with Crippen LogP contribution in [0.5, 0.6) is 0 Å². The van der Waals surface area contributed by atoms with Gasteiger partial charge in [0.15, 0.2) is 11.7 Å². The Morgan fingerprint density at radius 3 is 2.69 bits per heavy atom. The lowest BCUT2D eigenvalue weighted by molar-refractivity contribution is -0.134. The second-order valence-corrected chi connectivity index (χ2v) is 5.75. The molecule has 7 nitrogen and oxygen atoms in total. The van der Waals surface area contributed by atoms with Crippen molar-refractivity contribution in [3.8, 4) is 11.3 Å². The van der Waals surface area contributed by atoms with Crippen LogP contribution in [0.3, 0.4) is 0 Å². The third-order valence-corrected chi connectivity index (χ3v) is 3.88. The van der Waals surface area contributed by atoms with E-state index in [1.807, 2.05) is 0 Å². The van der Waals surface area contributed by atoms with E-state index >= 15 is 0 Å². The van der Waals surface area contributed by atoms with Gasteiger partial charge in [0.25, 0.3) is 5.91 Å². The first-order chi connectivity index (χ1) is 12.5. The number of nitrogens with one attached hydrogen (secondary N) is 2. The zero-order valence-corrected chi connectivity index (χ0v) is 13.8. The summed E-state index contributed by atoms with van der Waals surface area (Å²) in [5.74, 6) is -2.27. The number of carbonyl (C=O) groups excluding carboxylic acids is 2. The average Bonchev–Trinajstić information content (AvgIpc) is 3.30. The third-order valence-electron chi connectivity index (χ3n) is 3.88. The van der Waals surface area contributed by atoms with Crippen LogP contribution in [0.25, 0.3) is 11.3 Å². The number of halogens is 2. The summed E-state index contributed by atoms with van der Waals surface area (Å²) in [6, 6.07) is 3.48. The first-order valence-corrected chi connectivity index (χ1v) is 8.14. The van der Waals surface area contributed by atoms with Gasteiger partial charge in [0, 0.05) is 19.4 Å². The van der Waals surface area contributed by atoms with Crippen molar-refractivity contribution < 1.29 is 27.5 Å². The molecule has 0 aliphatic carbocycles. The molecule has 2 N–H and O–H groups in total. The second kappa shape index (κ2) is 8.05. The van der Waals surface area contributed by atoms with Crippen LogP contribution >= 0.6 is 0 Å². The smallest absolute Gasteiger partial charge is 0.267 e. The molecule has 2 heterocycles. The zero-order valence-electron chi connectivity index (χ0n) is 13.8. The van der Waals surface area contributed by atoms with Crippen LogP contribution in [-0.2, 0) is 20.7 Å². The number of hydrazine groups is 1. The summed E-state index contributed by atoms with van der Waals surface area (Å²) in [7, 11) is 0. The van der Waals surface area contributed by atoms with E-state index < -0.39 is 29.6 Å². The summed E-state index contributed by atoms with van der Waals surface area (Å²) < 4.78 is 37.9. The number of nitrogens with zero attached hydrogens (tertiary/aromatic N) is 1. The predicted molar refractivity (Wildman–Crippen MR) is 85.4 cm³/mol. The molecule has 0 radical (unpaired) electrons. The fourth-order valence-electron chi connectivity index (χ4n) is 2.55. The van der Waals surface area contributed by atoms with Crippen molar-refractivity contribution in [3.05, 3.63) is 41.9 Å². The van der Waals surface area contributed by atoms with Gasteiger partial charge in [-0.25, -0.2) is 13.8 Å². The Labute approximate surface area is 147 Å². The number of aryl methyl sites for hydroxylation is 1. The first kappa shape index (κ1) is 18.0. The van der Waals surface area contributed by atoms with E-state index in [1.54, 1.807) is 0 Å². The Hall–Kier alpha value is -2.81. The summed E-state index contributed by atoms with van der Waals surface area (Å²) in [4.78, 5) is 27.4. The monoisotopic (exact) mass is 365 g/mol. The van der Waals surface area contributed by atoms with E-state index in [4.69, 9.17) is 9.15 Å². The highest BCUT2D eigenvalue weighted by atomic mass is 19.1. The number of amides is 2. The van der Waals surface area contributed by atoms with Crippen molar-refractivity contribution in [2.75, 3.05) is 6.61 Å². The van der Waals surface area contributed by atoms with Crippen molar-refractivity contribution in [2.24, 2.45) is 0 Å². The molecule has 0 saturated carbocycles. The summed E-state index contributed by atoms with van der Waals surface area (Å²) in [6.07, 6.45) is 2.17. The van der Waals surface area contributed by atoms with E-state index in [0.717, 1.165) is 18.6 Å². The van der Waals surface area contributed by atoms with Crippen LogP contribution in [0.4, 0.5) is 8.78 Å². The number of oxazole rings is 1. The number of aromatic nitrogens is 1. The number of rotatable bonds is 5. The Kier molecular flexibility index (Phi) is 5.57. The highest BCUT2D eigenvalue weighted by Crippen LogP contribution is 2.26. The summed E-state index contributed by atoms with van der Waals surface area (Å²) in [5.41, 5.74) is 4.27. The van der Waals surface area contributed by atoms with Gasteiger partial charge in [-0.15, -0.1) is 0 Å². The van der Waals surface area contributed by atoms with Crippen LogP contribution in [0.15, 0.2) is 28.8 Å². The average molecular weight is 365 g/mol. The van der Waals surface area contributed by atoms with Crippen molar-refractivity contribution >= 4 is 11.8 Å². The second-order valence-electron chi connectivity index (χ2n) is 5.75. The lowest BCUT2D eigenvalue weighted by atomic mass is 10.1. The molecule has 1 fully saturated rings. The molecule has 1 aromatic heterocycles. The first-order valence-electron chi connectivity index (χ1n) is 8.14. The van der Waals surface area contributed by atoms with E-state index in [1.165, 1.54) is 12.3 Å². The van der Waals surface area contributed by atoms with E-state index in [0.29, 0.717) is 13.0 Å². The normalized spacial score (nSPS) is 16.5. The molecule has 0 unspecified atom stereocenters. The van der Waals surface area contributed by atoms with Crippen LogP contribution in [0.2, 0.25) is 0 Å². The molecule has 2 amide bonds. The van der Waals surface area contributed by atoms with Gasteiger partial charge in [-0.1, -0.05) is 6.07 Å². The molecule has 0 spiro atoms. The van der Waals surface area contributed by atoms with E-state index in [2.05, 4.69) is 15.8 Å². The summed E-state index contributed by atoms with van der Waals surface area (Å²) >= 11 is 0. The van der Waals surface area contributed by atoms with Gasteiger partial charge in [-0.05, 0) is 25.0 Å². The van der Waals surface area contributed by atoms with Crippen LogP contribution in [-0.4, -0.2) is 29.5 Å². The number of ether oxygens (including phenoxy) is 1. The summed E-state index contributed by atoms with van der Waals surface area (Å²) in [5, 5.41) is 0. The van der Waals surface area contributed by atoms with E-state index in [-0.39, 0.29) is 30.1 Å². The van der Waals surface area contributed by atoms with Gasteiger partial charge >= 0.3 is 0 Å². The molecule has 1 saturated heterocycles. The zero-order chi connectivity index (χ0) is 18.5. The highest BCUT2D eigenvalue weighted by Gasteiger charge is 2.23. The Morgan fingerprint density at radius 2 is 2.00 bits per heavy atom. The van der Waals surface area contributed by atoms with E-state index in [9.17, 15) is 18.4 Å². The van der Waals surface area contributed by atoms with Crippen LogP contribution in [0.1, 0.15) is 25.2 Å². The Morgan fingerprint density at radius 1 is 1.23 bits per heavy atom. The highest BCUT2D eigenvalue weighted by molar-refractivity contribution is 5.84. The minimum Gasteiger partial charge on any atom is -0.441 e. The number of hydrogen-bond acceptors (Lipinski definition) is 5. The maximum absolute atomic E-state index is 13.7. The molecule has 1 atom stereocenters. The Bertz CT molecular complexity index is 783. The molecule has 2 aromatic rings. The lowest BCUT2D eigenvalue weighted by Gasteiger charge is -2.10. The molecular weight excluding hydrogens is 348 g/mol. The van der Waals surface area contributed by atoms with Gasteiger partial charge in [0.2, 0.25) is 5.91 Å². The fourth-order valence-corrected chi connectivity index (χ4v) is 2.55. The molecule has 9 heteroatoms. The van der Waals surface area contributed by atoms with Crippen molar-refractivity contribution in [1.82, 2.24) is 15.8 Å². The van der Waals surface area contributed by atoms with Gasteiger partial charge in [0.05, 0.1) is 11.8 Å². The minimum absolute atomic E-state index is 0.0223. The number of carbonyl (C=O) groups is 2. The third kappa shape index (κ3) is 4.23. The molecule has 1 aliphatic rings. The quantitative estimate of drug-likeness (QED) is 0.789. The molecule has 0 bridgehead atoms. The largest absolute Gasteiger partial charge is 0.441 e. The molecule has 1 aromatic carbocycles. The maximum atomic E-state index is 13.7. The van der Waals surface area contributed by atoms with Crippen LogP contribution < -0.4 is 10.9 Å². The molecule has 138 valence electrons. The van der Waals surface area contributed by atoms with Gasteiger partial charge in [-0.3, -0.25) is 20.4 Å². The SMILES string of the molecule is O=C(CCc1ncc(-c2c(F)cccc2F)o1)NNC(=O)[C@@H]1CCCO1. The van der Waals surface area contributed by atoms with Gasteiger partial charge in [0.1, 0.15) is 17.7 Å². The predicted octanol–water partition coefficient (Wildman–Crippen LogP) is 1.88. The standard InChI is InChI=1S/C17H17F2N3O4/c18-10-3-1-4-11(19)16(10)13-9-20-15(26-13)7-6-14(23)21-22-17(24)12-5-2-8-25-12/h1,3-4,9,12H,2,5-8H2,(H,21,23)(H,22,24)/t12-/m0/s1. The summed E-state index contributed by atoms with van der Waals surface area (Å²) in [6.45, 7) is 0.529. The number of hydrogen-bond donors (Lipinski definition) is 2. The minimum atomic E-state index is -0.762. The maximum Gasteiger partial charge on any atom is 0.267 e. The van der Waals surface area contributed by atoms with Gasteiger partial charge in [-0.2, -0.15) is 0 Å². The van der Waals surface area contributed by atoms with Gasteiger partial charge < -0.3 is 9.15 Å². The molecule has 1 aliphatic heterocycles. The molecule has 3 rings (SSSR count). The fraction of sp³-hybridized carbons (Fsp3) is 0.353.